The van der Waals surface area contributed by atoms with Gasteiger partial charge in [-0.3, -0.25) is 0 Å². The lowest BCUT2D eigenvalue weighted by atomic mass is 9.43. The van der Waals surface area contributed by atoms with Crippen molar-refractivity contribution in [1.29, 1.82) is 0 Å². The van der Waals surface area contributed by atoms with E-state index in [2.05, 4.69) is 53.3 Å². The molecule has 1 aromatic carbocycles. The molecule has 4 atom stereocenters. The zero-order valence-electron chi connectivity index (χ0n) is 14.5. The Morgan fingerprint density at radius 2 is 1.83 bits per heavy atom. The number of hydrogen-bond acceptors (Lipinski definition) is 2. The molecule has 0 radical (unpaired) electrons. The van der Waals surface area contributed by atoms with Gasteiger partial charge in [-0.25, -0.2) is 0 Å². The topological polar surface area (TPSA) is 21.3 Å². The molecule has 4 fully saturated rings. The van der Waals surface area contributed by atoms with Gasteiger partial charge in [0.15, 0.2) is 0 Å². The molecule has 0 spiro atoms. The molecule has 4 aliphatic carbocycles. The molecule has 0 amide bonds. The van der Waals surface area contributed by atoms with Crippen molar-refractivity contribution in [3.63, 3.8) is 0 Å². The molecular formula is C20H28BrNO. The molecule has 4 bridgehead atoms. The highest BCUT2D eigenvalue weighted by molar-refractivity contribution is 9.10. The fourth-order valence-corrected chi connectivity index (χ4v) is 7.22. The first-order valence-corrected chi connectivity index (χ1v) is 9.70. The van der Waals surface area contributed by atoms with Crippen molar-refractivity contribution < 1.29 is 4.74 Å². The summed E-state index contributed by atoms with van der Waals surface area (Å²) in [4.78, 5) is 0. The monoisotopic (exact) mass is 377 g/mol. The second-order valence-corrected chi connectivity index (χ2v) is 10.1. The first-order chi connectivity index (χ1) is 10.8. The molecule has 5 rings (SSSR count). The predicted octanol–water partition coefficient (Wildman–Crippen LogP) is 5.30. The van der Waals surface area contributed by atoms with Crippen LogP contribution in [0.15, 0.2) is 22.7 Å². The summed E-state index contributed by atoms with van der Waals surface area (Å²) in [6, 6.07) is 6.30. The van der Waals surface area contributed by atoms with Gasteiger partial charge < -0.3 is 10.1 Å². The lowest BCUT2D eigenvalue weighted by Gasteiger charge is -2.65. The Balaban J connectivity index is 1.56. The lowest BCUT2D eigenvalue weighted by Crippen LogP contribution is -2.63. The van der Waals surface area contributed by atoms with Crippen LogP contribution in [-0.4, -0.2) is 12.6 Å². The summed E-state index contributed by atoms with van der Waals surface area (Å²) in [6.07, 6.45) is 8.40. The van der Waals surface area contributed by atoms with Gasteiger partial charge in [0.25, 0.3) is 0 Å². The molecule has 0 unspecified atom stereocenters. The van der Waals surface area contributed by atoms with E-state index in [9.17, 15) is 0 Å². The Labute approximate surface area is 148 Å². The fourth-order valence-electron chi connectivity index (χ4n) is 6.81. The van der Waals surface area contributed by atoms with Crippen LogP contribution in [0, 0.1) is 16.7 Å². The Morgan fingerprint density at radius 1 is 1.13 bits per heavy atom. The van der Waals surface area contributed by atoms with Crippen molar-refractivity contribution in [1.82, 2.24) is 5.32 Å². The standard InChI is InChI=1S/C20H28BrNO/c1-18-7-14-8-19(2,11-18)13-20(9-14,12-18)22-10-15-6-16(21)4-5-17(15)23-3/h4-6,14,22H,7-13H2,1-3H3/t14-,18+,19-,20-. The highest BCUT2D eigenvalue weighted by Crippen LogP contribution is 2.66. The first kappa shape index (κ1) is 16.0. The van der Waals surface area contributed by atoms with Gasteiger partial charge in [-0.15, -0.1) is 0 Å². The summed E-state index contributed by atoms with van der Waals surface area (Å²) in [7, 11) is 1.76. The molecule has 2 nitrogen and oxygen atoms in total. The number of methoxy groups -OCH3 is 1. The summed E-state index contributed by atoms with van der Waals surface area (Å²) in [5, 5.41) is 4.00. The van der Waals surface area contributed by atoms with Crippen LogP contribution < -0.4 is 10.1 Å². The smallest absolute Gasteiger partial charge is 0.123 e. The van der Waals surface area contributed by atoms with Crippen LogP contribution in [0.2, 0.25) is 0 Å². The average molecular weight is 378 g/mol. The second kappa shape index (κ2) is 5.23. The van der Waals surface area contributed by atoms with Crippen molar-refractivity contribution in [2.75, 3.05) is 7.11 Å². The molecule has 4 saturated carbocycles. The van der Waals surface area contributed by atoms with E-state index in [-0.39, 0.29) is 0 Å². The molecule has 4 aliphatic rings. The minimum Gasteiger partial charge on any atom is -0.496 e. The van der Waals surface area contributed by atoms with Crippen molar-refractivity contribution in [2.24, 2.45) is 16.7 Å². The van der Waals surface area contributed by atoms with Crippen LogP contribution in [-0.2, 0) is 6.54 Å². The summed E-state index contributed by atoms with van der Waals surface area (Å²) < 4.78 is 6.68. The maximum absolute atomic E-state index is 5.55. The van der Waals surface area contributed by atoms with Gasteiger partial charge >= 0.3 is 0 Å². The molecule has 23 heavy (non-hydrogen) atoms. The third-order valence-electron chi connectivity index (χ3n) is 6.52. The number of benzene rings is 1. The first-order valence-electron chi connectivity index (χ1n) is 8.90. The van der Waals surface area contributed by atoms with Gasteiger partial charge in [0.2, 0.25) is 0 Å². The highest BCUT2D eigenvalue weighted by Gasteiger charge is 2.59. The summed E-state index contributed by atoms with van der Waals surface area (Å²) in [5.41, 5.74) is 2.72. The summed E-state index contributed by atoms with van der Waals surface area (Å²) in [6.45, 7) is 5.97. The largest absolute Gasteiger partial charge is 0.496 e. The van der Waals surface area contributed by atoms with Gasteiger partial charge in [0.1, 0.15) is 5.75 Å². The van der Waals surface area contributed by atoms with E-state index in [1.165, 1.54) is 44.1 Å². The SMILES string of the molecule is COc1ccc(Br)cc1CN[C@@]12C[C@@H]3C[C@@](C)(C[C@@](C)(C3)C1)C2. The normalized spacial score (nSPS) is 41.3. The molecule has 1 N–H and O–H groups in total. The maximum atomic E-state index is 5.55. The van der Waals surface area contributed by atoms with E-state index in [4.69, 9.17) is 4.74 Å². The van der Waals surface area contributed by atoms with E-state index in [1.807, 2.05) is 0 Å². The molecule has 1 aromatic rings. The molecule has 0 aliphatic heterocycles. The third kappa shape index (κ3) is 2.84. The van der Waals surface area contributed by atoms with E-state index < -0.39 is 0 Å². The number of nitrogens with one attached hydrogen (secondary N) is 1. The Bertz CT molecular complexity index is 610. The summed E-state index contributed by atoms with van der Waals surface area (Å²) in [5.74, 6) is 1.92. The predicted molar refractivity (Wildman–Crippen MR) is 97.7 cm³/mol. The lowest BCUT2D eigenvalue weighted by molar-refractivity contribution is -0.118. The van der Waals surface area contributed by atoms with Gasteiger partial charge in [-0.2, -0.15) is 0 Å². The van der Waals surface area contributed by atoms with Crippen LogP contribution in [0.4, 0.5) is 0 Å². The van der Waals surface area contributed by atoms with E-state index in [1.54, 1.807) is 7.11 Å². The fraction of sp³-hybridized carbons (Fsp3) is 0.700. The molecule has 0 saturated heterocycles. The van der Waals surface area contributed by atoms with Crippen LogP contribution in [0.1, 0.15) is 57.9 Å². The molecule has 0 aromatic heterocycles. The van der Waals surface area contributed by atoms with Crippen LogP contribution in [0.5, 0.6) is 5.75 Å². The van der Waals surface area contributed by atoms with Gasteiger partial charge in [0.05, 0.1) is 7.11 Å². The zero-order chi connectivity index (χ0) is 16.3. The zero-order valence-corrected chi connectivity index (χ0v) is 16.1. The highest BCUT2D eigenvalue weighted by atomic mass is 79.9. The van der Waals surface area contributed by atoms with Crippen molar-refractivity contribution in [2.45, 2.75) is 64.5 Å². The van der Waals surface area contributed by atoms with Gasteiger partial charge in [-0.1, -0.05) is 29.8 Å². The number of rotatable bonds is 4. The van der Waals surface area contributed by atoms with Gasteiger partial charge in [0, 0.05) is 22.1 Å². The molecule has 3 heteroatoms. The van der Waals surface area contributed by atoms with E-state index >= 15 is 0 Å². The Kier molecular flexibility index (Phi) is 3.63. The Hall–Kier alpha value is -0.540. The maximum Gasteiger partial charge on any atom is 0.123 e. The van der Waals surface area contributed by atoms with Crippen LogP contribution in [0.3, 0.4) is 0 Å². The van der Waals surface area contributed by atoms with Crippen molar-refractivity contribution in [3.05, 3.63) is 28.2 Å². The van der Waals surface area contributed by atoms with Crippen molar-refractivity contribution >= 4 is 15.9 Å². The van der Waals surface area contributed by atoms with Gasteiger partial charge in [-0.05, 0) is 73.5 Å². The van der Waals surface area contributed by atoms with E-state index in [0.717, 1.165) is 22.7 Å². The average Bonchev–Trinajstić information content (AvgIpc) is 2.41. The van der Waals surface area contributed by atoms with Crippen molar-refractivity contribution in [3.8, 4) is 5.75 Å². The molecular weight excluding hydrogens is 350 g/mol. The third-order valence-corrected chi connectivity index (χ3v) is 7.02. The Morgan fingerprint density at radius 3 is 2.43 bits per heavy atom. The minimum atomic E-state index is 0.343. The minimum absolute atomic E-state index is 0.343. The summed E-state index contributed by atoms with van der Waals surface area (Å²) >= 11 is 3.59. The number of ether oxygens (including phenoxy) is 1. The van der Waals surface area contributed by atoms with E-state index in [0.29, 0.717) is 16.4 Å². The second-order valence-electron chi connectivity index (χ2n) is 9.22. The molecule has 0 heterocycles. The number of hydrogen-bond donors (Lipinski definition) is 1. The molecule has 126 valence electrons. The van der Waals surface area contributed by atoms with Crippen LogP contribution >= 0.6 is 15.9 Å². The van der Waals surface area contributed by atoms with Crippen LogP contribution in [0.25, 0.3) is 0 Å². The quantitative estimate of drug-likeness (QED) is 0.768. The number of halogens is 1.